The summed E-state index contributed by atoms with van der Waals surface area (Å²) in [6, 6.07) is 16.8. The molecule has 1 saturated heterocycles. The van der Waals surface area contributed by atoms with Crippen LogP contribution < -0.4 is 0 Å². The molecule has 2 aromatic carbocycles. The van der Waals surface area contributed by atoms with Crippen molar-refractivity contribution < 1.29 is 28.2 Å². The maximum atomic E-state index is 14.6. The quantitative estimate of drug-likeness (QED) is 0.768. The van der Waals surface area contributed by atoms with Gasteiger partial charge in [-0.25, -0.2) is 14.0 Å². The van der Waals surface area contributed by atoms with Gasteiger partial charge in [0.1, 0.15) is 18.8 Å². The zero-order valence-corrected chi connectivity index (χ0v) is 14.0. The zero-order chi connectivity index (χ0) is 18.4. The van der Waals surface area contributed by atoms with Gasteiger partial charge in [-0.3, -0.25) is 0 Å². The van der Waals surface area contributed by atoms with Crippen LogP contribution in [0, 0.1) is 0 Å². The summed E-state index contributed by atoms with van der Waals surface area (Å²) in [6.07, 6.45) is -3.22. The number of esters is 2. The van der Waals surface area contributed by atoms with Gasteiger partial charge in [0, 0.05) is 6.42 Å². The summed E-state index contributed by atoms with van der Waals surface area (Å²) in [5.41, 5.74) is 0.740. The van der Waals surface area contributed by atoms with E-state index in [0.29, 0.717) is 11.1 Å². The highest BCUT2D eigenvalue weighted by Gasteiger charge is 2.38. The molecule has 0 bridgehead atoms. The Labute approximate surface area is 150 Å². The normalized spacial score (nSPS) is 22.4. The molecule has 0 spiro atoms. The first kappa shape index (κ1) is 18.1. The molecule has 0 unspecified atom stereocenters. The second kappa shape index (κ2) is 8.58. The molecule has 6 heteroatoms. The lowest BCUT2D eigenvalue weighted by atomic mass is 10.0. The molecular formula is C20H19FO5. The predicted octanol–water partition coefficient (Wildman–Crippen LogP) is 3.20. The maximum Gasteiger partial charge on any atom is 0.338 e. The fourth-order valence-corrected chi connectivity index (χ4v) is 2.69. The largest absolute Gasteiger partial charge is 0.459 e. The van der Waals surface area contributed by atoms with Gasteiger partial charge in [-0.05, 0) is 24.3 Å². The summed E-state index contributed by atoms with van der Waals surface area (Å²) in [5.74, 6) is -1.13. The van der Waals surface area contributed by atoms with Gasteiger partial charge in [0.15, 0.2) is 6.17 Å². The van der Waals surface area contributed by atoms with Gasteiger partial charge in [0.05, 0.1) is 17.7 Å². The molecule has 1 heterocycles. The maximum absolute atomic E-state index is 14.6. The zero-order valence-electron chi connectivity index (χ0n) is 14.0. The SMILES string of the molecule is O=C(OC[C@H]1OCC[C@@H](OC(=O)c2ccccc2)[C@@H]1F)c1ccccc1. The van der Waals surface area contributed by atoms with Crippen LogP contribution in [0.25, 0.3) is 0 Å². The number of carbonyl (C=O) groups excluding carboxylic acids is 2. The van der Waals surface area contributed by atoms with Crippen molar-refractivity contribution in [3.63, 3.8) is 0 Å². The summed E-state index contributed by atoms with van der Waals surface area (Å²) in [5, 5.41) is 0. The summed E-state index contributed by atoms with van der Waals surface area (Å²) in [4.78, 5) is 24.1. The number of alkyl halides is 1. The summed E-state index contributed by atoms with van der Waals surface area (Å²) in [7, 11) is 0. The fourth-order valence-electron chi connectivity index (χ4n) is 2.69. The van der Waals surface area contributed by atoms with Crippen LogP contribution in [0.15, 0.2) is 60.7 Å². The third-order valence-electron chi connectivity index (χ3n) is 4.10. The molecule has 0 amide bonds. The Balaban J connectivity index is 1.55. The Hall–Kier alpha value is -2.73. The molecule has 0 saturated carbocycles. The molecule has 1 aliphatic rings. The lowest BCUT2D eigenvalue weighted by Crippen LogP contribution is -2.46. The first-order valence-corrected chi connectivity index (χ1v) is 8.39. The Bertz CT molecular complexity index is 734. The Morgan fingerprint density at radius 2 is 1.54 bits per heavy atom. The molecule has 0 N–H and O–H groups in total. The lowest BCUT2D eigenvalue weighted by Gasteiger charge is -2.32. The lowest BCUT2D eigenvalue weighted by molar-refractivity contribution is -0.124. The summed E-state index contributed by atoms with van der Waals surface area (Å²) < 4.78 is 30.4. The van der Waals surface area contributed by atoms with Crippen molar-refractivity contribution in [2.24, 2.45) is 0 Å². The number of hydrogen-bond donors (Lipinski definition) is 0. The first-order chi connectivity index (χ1) is 12.6. The van der Waals surface area contributed by atoms with E-state index in [1.165, 1.54) is 0 Å². The number of hydrogen-bond acceptors (Lipinski definition) is 5. The monoisotopic (exact) mass is 358 g/mol. The van der Waals surface area contributed by atoms with Crippen molar-refractivity contribution in [1.82, 2.24) is 0 Å². The molecule has 5 nitrogen and oxygen atoms in total. The third kappa shape index (κ3) is 4.46. The van der Waals surface area contributed by atoms with Gasteiger partial charge in [-0.1, -0.05) is 36.4 Å². The number of halogens is 1. The van der Waals surface area contributed by atoms with Gasteiger partial charge in [-0.15, -0.1) is 0 Å². The standard InChI is InChI=1S/C20H19FO5/c21-18-16(26-20(23)15-9-5-2-6-10-15)11-12-24-17(18)13-25-19(22)14-7-3-1-4-8-14/h1-10,16-18H,11-13H2/t16-,17-,18+/m1/s1. The molecule has 0 aliphatic carbocycles. The van der Waals surface area contributed by atoms with Crippen LogP contribution in [0.5, 0.6) is 0 Å². The minimum atomic E-state index is -1.57. The number of benzene rings is 2. The van der Waals surface area contributed by atoms with Gasteiger partial charge < -0.3 is 14.2 Å². The summed E-state index contributed by atoms with van der Waals surface area (Å²) in [6.45, 7) is -0.0189. The minimum Gasteiger partial charge on any atom is -0.459 e. The van der Waals surface area contributed by atoms with E-state index in [1.807, 2.05) is 0 Å². The van der Waals surface area contributed by atoms with Crippen molar-refractivity contribution in [3.05, 3.63) is 71.8 Å². The highest BCUT2D eigenvalue weighted by Crippen LogP contribution is 2.23. The molecule has 2 aromatic rings. The van der Waals surface area contributed by atoms with Gasteiger partial charge in [0.25, 0.3) is 0 Å². The Morgan fingerprint density at radius 3 is 2.15 bits per heavy atom. The van der Waals surface area contributed by atoms with Crippen LogP contribution in [0.1, 0.15) is 27.1 Å². The van der Waals surface area contributed by atoms with Crippen LogP contribution in [0.2, 0.25) is 0 Å². The highest BCUT2D eigenvalue weighted by molar-refractivity contribution is 5.89. The van der Waals surface area contributed by atoms with Crippen molar-refractivity contribution in [1.29, 1.82) is 0 Å². The second-order valence-corrected chi connectivity index (χ2v) is 5.92. The molecule has 136 valence electrons. The minimum absolute atomic E-state index is 0.223. The van der Waals surface area contributed by atoms with Gasteiger partial charge in [-0.2, -0.15) is 0 Å². The predicted molar refractivity (Wildman–Crippen MR) is 91.6 cm³/mol. The van der Waals surface area contributed by atoms with E-state index >= 15 is 0 Å². The van der Waals surface area contributed by atoms with E-state index in [1.54, 1.807) is 60.7 Å². The molecule has 0 radical (unpaired) electrons. The number of rotatable bonds is 5. The molecule has 26 heavy (non-hydrogen) atoms. The summed E-state index contributed by atoms with van der Waals surface area (Å²) >= 11 is 0. The van der Waals surface area contributed by atoms with Crippen molar-refractivity contribution in [2.75, 3.05) is 13.2 Å². The average Bonchev–Trinajstić information content (AvgIpc) is 2.69. The van der Waals surface area contributed by atoms with Crippen LogP contribution in [0.3, 0.4) is 0 Å². The molecule has 0 aromatic heterocycles. The first-order valence-electron chi connectivity index (χ1n) is 8.39. The van der Waals surface area contributed by atoms with Crippen LogP contribution in [-0.2, 0) is 14.2 Å². The van der Waals surface area contributed by atoms with Crippen molar-refractivity contribution >= 4 is 11.9 Å². The third-order valence-corrected chi connectivity index (χ3v) is 4.10. The van der Waals surface area contributed by atoms with Crippen LogP contribution in [0.4, 0.5) is 4.39 Å². The number of ether oxygens (including phenoxy) is 3. The van der Waals surface area contributed by atoms with E-state index in [-0.39, 0.29) is 19.6 Å². The van der Waals surface area contributed by atoms with Gasteiger partial charge in [0.2, 0.25) is 0 Å². The molecule has 3 rings (SSSR count). The fraction of sp³-hybridized carbons (Fsp3) is 0.300. The molecule has 3 atom stereocenters. The average molecular weight is 358 g/mol. The smallest absolute Gasteiger partial charge is 0.338 e. The highest BCUT2D eigenvalue weighted by atomic mass is 19.1. The van der Waals surface area contributed by atoms with E-state index in [4.69, 9.17) is 14.2 Å². The molecule has 1 aliphatic heterocycles. The molecular weight excluding hydrogens is 339 g/mol. The topological polar surface area (TPSA) is 61.8 Å². The van der Waals surface area contributed by atoms with Crippen LogP contribution >= 0.6 is 0 Å². The Kier molecular flexibility index (Phi) is 5.96. The Morgan fingerprint density at radius 1 is 0.962 bits per heavy atom. The number of carbonyl (C=O) groups is 2. The van der Waals surface area contributed by atoms with Crippen molar-refractivity contribution in [3.8, 4) is 0 Å². The van der Waals surface area contributed by atoms with Gasteiger partial charge >= 0.3 is 11.9 Å². The second-order valence-electron chi connectivity index (χ2n) is 5.92. The van der Waals surface area contributed by atoms with E-state index in [9.17, 15) is 14.0 Å². The van der Waals surface area contributed by atoms with Crippen LogP contribution in [-0.4, -0.2) is 43.5 Å². The van der Waals surface area contributed by atoms with Crippen molar-refractivity contribution in [2.45, 2.75) is 24.8 Å². The van der Waals surface area contributed by atoms with E-state index in [0.717, 1.165) is 0 Å². The van der Waals surface area contributed by atoms with E-state index in [2.05, 4.69) is 0 Å². The molecule has 1 fully saturated rings. The van der Waals surface area contributed by atoms with E-state index < -0.39 is 30.3 Å².